The van der Waals surface area contributed by atoms with Crippen LogP contribution < -0.4 is 19.7 Å². The van der Waals surface area contributed by atoms with Gasteiger partial charge in [0.15, 0.2) is 21.4 Å². The molecule has 184 valence electrons. The van der Waals surface area contributed by atoms with Crippen LogP contribution in [0.25, 0.3) is 0 Å². The summed E-state index contributed by atoms with van der Waals surface area (Å²) in [4.78, 5) is 23.4. The summed E-state index contributed by atoms with van der Waals surface area (Å²) >= 11 is 0. The number of nitrogens with one attached hydrogen (secondary N) is 1. The van der Waals surface area contributed by atoms with Crippen LogP contribution in [0.15, 0.2) is 24.4 Å². The third-order valence-electron chi connectivity index (χ3n) is 6.18. The van der Waals surface area contributed by atoms with E-state index in [1.165, 1.54) is 11.2 Å². The number of piperidine rings is 1. The van der Waals surface area contributed by atoms with Gasteiger partial charge >= 0.3 is 6.09 Å². The van der Waals surface area contributed by atoms with E-state index < -0.39 is 15.9 Å². The van der Waals surface area contributed by atoms with Crippen LogP contribution in [0.3, 0.4) is 0 Å². The van der Waals surface area contributed by atoms with Crippen LogP contribution in [0.2, 0.25) is 0 Å². The maximum atomic E-state index is 11.7. The van der Waals surface area contributed by atoms with E-state index in [1.54, 1.807) is 19.4 Å². The zero-order valence-corrected chi connectivity index (χ0v) is 20.2. The molecule has 2 N–H and O–H groups in total. The first-order valence-corrected chi connectivity index (χ1v) is 13.0. The Morgan fingerprint density at radius 3 is 2.50 bits per heavy atom. The molecular formula is C22H29N5O6S. The number of carbonyl (C=O) groups is 1. The highest BCUT2D eigenvalue weighted by molar-refractivity contribution is 7.91. The van der Waals surface area contributed by atoms with Gasteiger partial charge in [-0.15, -0.1) is 0 Å². The molecule has 2 aromatic heterocycles. The van der Waals surface area contributed by atoms with Gasteiger partial charge in [0.05, 0.1) is 23.7 Å². The van der Waals surface area contributed by atoms with Crippen molar-refractivity contribution in [3.63, 3.8) is 0 Å². The summed E-state index contributed by atoms with van der Waals surface area (Å²) in [5.74, 6) is 2.18. The summed E-state index contributed by atoms with van der Waals surface area (Å²) in [6.45, 7) is 3.61. The smallest absolute Gasteiger partial charge is 0.407 e. The minimum atomic E-state index is -3.04. The average molecular weight is 492 g/mol. The highest BCUT2D eigenvalue weighted by Gasteiger charge is 2.35. The largest absolute Gasteiger partial charge is 0.490 e. The summed E-state index contributed by atoms with van der Waals surface area (Å²) in [6, 6.07) is 5.45. The summed E-state index contributed by atoms with van der Waals surface area (Å²) in [6.07, 6.45) is 3.05. The van der Waals surface area contributed by atoms with E-state index in [2.05, 4.69) is 15.3 Å². The van der Waals surface area contributed by atoms with E-state index in [4.69, 9.17) is 14.6 Å². The van der Waals surface area contributed by atoms with Crippen molar-refractivity contribution in [3.05, 3.63) is 30.1 Å². The first-order chi connectivity index (χ1) is 16.2. The number of ether oxygens (including phenoxy) is 2. The number of carboxylic acid groups (broad SMARTS) is 1. The highest BCUT2D eigenvalue weighted by Crippen LogP contribution is 2.37. The Kier molecular flexibility index (Phi) is 6.69. The van der Waals surface area contributed by atoms with Gasteiger partial charge in [0, 0.05) is 57.5 Å². The molecule has 2 saturated heterocycles. The standard InChI is InChI=1S/C22H29N5O6S/c1-14-17(4-5-19(24-14)27-12-16(13-27)34(3,30)31)25-21-20(32-2)18(6-9-23-21)33-15-7-10-26(11-8-15)22(28)29/h4-6,9,15-16H,7-8,10-13H2,1-3H3,(H,23,25)(H,28,29). The Morgan fingerprint density at radius 2 is 1.91 bits per heavy atom. The normalized spacial score (nSPS) is 17.3. The minimum absolute atomic E-state index is 0.116. The number of pyridine rings is 2. The molecule has 0 aromatic carbocycles. The van der Waals surface area contributed by atoms with E-state index >= 15 is 0 Å². The predicted octanol–water partition coefficient (Wildman–Crippen LogP) is 2.29. The molecule has 0 spiro atoms. The van der Waals surface area contributed by atoms with Crippen LogP contribution in [0, 0.1) is 6.92 Å². The molecule has 1 amide bonds. The quantitative estimate of drug-likeness (QED) is 0.594. The van der Waals surface area contributed by atoms with Crippen LogP contribution in [0.1, 0.15) is 18.5 Å². The maximum absolute atomic E-state index is 11.7. The number of hydrogen-bond acceptors (Lipinski definition) is 9. The highest BCUT2D eigenvalue weighted by atomic mass is 32.2. The zero-order valence-electron chi connectivity index (χ0n) is 19.4. The van der Waals surface area contributed by atoms with E-state index in [-0.39, 0.29) is 11.4 Å². The second-order valence-corrected chi connectivity index (χ2v) is 10.9. The lowest BCUT2D eigenvalue weighted by molar-refractivity contribution is 0.0878. The van der Waals surface area contributed by atoms with Crippen molar-refractivity contribution in [2.45, 2.75) is 31.1 Å². The van der Waals surface area contributed by atoms with E-state index in [0.717, 1.165) is 17.2 Å². The van der Waals surface area contributed by atoms with Crippen LogP contribution in [0.5, 0.6) is 11.5 Å². The lowest BCUT2D eigenvalue weighted by Crippen LogP contribution is -2.54. The maximum Gasteiger partial charge on any atom is 0.407 e. The summed E-state index contributed by atoms with van der Waals surface area (Å²) in [5.41, 5.74) is 1.47. The fourth-order valence-corrected chi connectivity index (χ4v) is 4.94. The molecule has 0 atom stereocenters. The molecule has 2 aliphatic heterocycles. The van der Waals surface area contributed by atoms with Gasteiger partial charge in [-0.2, -0.15) is 0 Å². The lowest BCUT2D eigenvalue weighted by Gasteiger charge is -2.39. The van der Waals surface area contributed by atoms with Gasteiger partial charge in [-0.25, -0.2) is 23.2 Å². The van der Waals surface area contributed by atoms with Crippen molar-refractivity contribution in [3.8, 4) is 11.5 Å². The third kappa shape index (κ3) is 5.11. The molecule has 11 nitrogen and oxygen atoms in total. The number of aryl methyl sites for hydroxylation is 1. The van der Waals surface area contributed by atoms with E-state index in [1.807, 2.05) is 24.0 Å². The topological polar surface area (TPSA) is 134 Å². The lowest BCUT2D eigenvalue weighted by atomic mass is 10.1. The van der Waals surface area contributed by atoms with Gasteiger partial charge in [0.1, 0.15) is 11.9 Å². The summed E-state index contributed by atoms with van der Waals surface area (Å²) < 4.78 is 35.0. The molecule has 0 aliphatic carbocycles. The van der Waals surface area contributed by atoms with Crippen molar-refractivity contribution < 1.29 is 27.8 Å². The Labute approximate surface area is 198 Å². The second kappa shape index (κ2) is 9.53. The average Bonchev–Trinajstić information content (AvgIpc) is 2.74. The van der Waals surface area contributed by atoms with E-state index in [9.17, 15) is 13.2 Å². The number of aromatic nitrogens is 2. The number of likely N-dealkylation sites (tertiary alicyclic amines) is 1. The molecule has 0 bridgehead atoms. The van der Waals surface area contributed by atoms with Gasteiger partial charge < -0.3 is 29.7 Å². The molecule has 2 aliphatic rings. The fourth-order valence-electron chi connectivity index (χ4n) is 4.03. The van der Waals surface area contributed by atoms with Crippen molar-refractivity contribution in [2.24, 2.45) is 0 Å². The monoisotopic (exact) mass is 491 g/mol. The molecule has 34 heavy (non-hydrogen) atoms. The van der Waals surface area contributed by atoms with E-state index in [0.29, 0.717) is 56.3 Å². The van der Waals surface area contributed by atoms with Crippen LogP contribution >= 0.6 is 0 Å². The van der Waals surface area contributed by atoms with Crippen LogP contribution in [-0.4, -0.2) is 85.4 Å². The number of rotatable bonds is 7. The number of sulfone groups is 1. The molecule has 2 fully saturated rings. The van der Waals surface area contributed by atoms with Crippen LogP contribution in [0.4, 0.5) is 22.1 Å². The fraction of sp³-hybridized carbons (Fsp3) is 0.500. The van der Waals surface area contributed by atoms with Gasteiger partial charge in [0.25, 0.3) is 0 Å². The Morgan fingerprint density at radius 1 is 1.21 bits per heavy atom. The number of anilines is 3. The Balaban J connectivity index is 1.44. The number of amides is 1. The molecular weight excluding hydrogens is 462 g/mol. The van der Waals surface area contributed by atoms with Gasteiger partial charge in [-0.3, -0.25) is 0 Å². The number of hydrogen-bond donors (Lipinski definition) is 2. The molecule has 2 aromatic rings. The zero-order chi connectivity index (χ0) is 24.5. The Hall–Kier alpha value is -3.28. The number of nitrogens with zero attached hydrogens (tertiary/aromatic N) is 4. The first-order valence-electron chi connectivity index (χ1n) is 11.0. The van der Waals surface area contributed by atoms with Crippen molar-refractivity contribution in [2.75, 3.05) is 49.8 Å². The SMILES string of the molecule is COc1c(OC2CCN(C(=O)O)CC2)ccnc1Nc1ccc(N2CC(S(C)(=O)=O)C2)nc1C. The van der Waals surface area contributed by atoms with Crippen molar-refractivity contribution in [1.29, 1.82) is 0 Å². The minimum Gasteiger partial charge on any atom is -0.490 e. The Bertz CT molecular complexity index is 1160. The predicted molar refractivity (Wildman–Crippen MR) is 127 cm³/mol. The molecule has 4 rings (SSSR count). The molecule has 0 saturated carbocycles. The molecule has 12 heteroatoms. The van der Waals surface area contributed by atoms with Gasteiger partial charge in [-0.05, 0) is 19.1 Å². The molecule has 0 radical (unpaired) electrons. The van der Waals surface area contributed by atoms with Gasteiger partial charge in [0.2, 0.25) is 5.75 Å². The number of methoxy groups -OCH3 is 1. The van der Waals surface area contributed by atoms with Crippen LogP contribution in [-0.2, 0) is 9.84 Å². The summed E-state index contributed by atoms with van der Waals surface area (Å²) in [7, 11) is -1.50. The molecule has 0 unspecified atom stereocenters. The summed E-state index contributed by atoms with van der Waals surface area (Å²) in [5, 5.41) is 12.0. The first kappa shape index (κ1) is 23.9. The van der Waals surface area contributed by atoms with Crippen molar-refractivity contribution in [1.82, 2.24) is 14.9 Å². The molecule has 4 heterocycles. The second-order valence-electron chi connectivity index (χ2n) is 8.56. The third-order valence-corrected chi connectivity index (χ3v) is 7.69. The van der Waals surface area contributed by atoms with Crippen molar-refractivity contribution >= 4 is 33.3 Å². The van der Waals surface area contributed by atoms with Gasteiger partial charge in [-0.1, -0.05) is 0 Å².